The largest absolute Gasteiger partial charge is 0.469 e. The zero-order chi connectivity index (χ0) is 24.8. The lowest BCUT2D eigenvalue weighted by atomic mass is 10.1. The number of carbonyl (C=O) groups excluding carboxylic acids is 3. The van der Waals surface area contributed by atoms with Crippen molar-refractivity contribution in [1.29, 1.82) is 5.26 Å². The number of nitrogens with zero attached hydrogens (tertiary/aromatic N) is 4. The summed E-state index contributed by atoms with van der Waals surface area (Å²) >= 11 is 0. The quantitative estimate of drug-likeness (QED) is 0.503. The van der Waals surface area contributed by atoms with E-state index in [0.29, 0.717) is 28.2 Å². The molecule has 1 heterocycles. The highest BCUT2D eigenvalue weighted by atomic mass is 16.5. The molecule has 0 radical (unpaired) electrons. The summed E-state index contributed by atoms with van der Waals surface area (Å²) in [5, 5.41) is 11.8. The Morgan fingerprint density at radius 1 is 1.12 bits per heavy atom. The van der Waals surface area contributed by atoms with Crippen LogP contribution in [0.2, 0.25) is 0 Å². The number of hydrogen-bond donors (Lipinski definition) is 1. The van der Waals surface area contributed by atoms with E-state index >= 15 is 0 Å². The van der Waals surface area contributed by atoms with Gasteiger partial charge >= 0.3 is 11.9 Å². The Morgan fingerprint density at radius 2 is 1.79 bits per heavy atom. The van der Waals surface area contributed by atoms with Crippen LogP contribution < -0.4 is 10.2 Å². The molecule has 1 aromatic heterocycles. The zero-order valence-electron chi connectivity index (χ0n) is 19.4. The maximum Gasteiger partial charge on any atom is 0.325 e. The fourth-order valence-electron chi connectivity index (χ4n) is 3.50. The number of rotatable bonds is 8. The first kappa shape index (κ1) is 24.3. The molecule has 0 spiro atoms. The van der Waals surface area contributed by atoms with Crippen molar-refractivity contribution in [1.82, 2.24) is 14.9 Å². The molecule has 0 atom stereocenters. The number of carbonyl (C=O) groups is 3. The molecule has 3 rings (SSSR count). The number of likely N-dealkylation sites (N-methyl/N-ethyl adjacent to an activating group) is 1. The Balaban J connectivity index is 2.05. The fraction of sp³-hybridized carbons (Fsp3) is 0.292. The van der Waals surface area contributed by atoms with Crippen LogP contribution in [0.3, 0.4) is 0 Å². The third kappa shape index (κ3) is 5.15. The minimum atomic E-state index is -0.456. The summed E-state index contributed by atoms with van der Waals surface area (Å²) < 4.78 is 11.3. The summed E-state index contributed by atoms with van der Waals surface area (Å²) in [6.07, 6.45) is 0.0320. The van der Waals surface area contributed by atoms with Crippen LogP contribution in [0.1, 0.15) is 22.3 Å². The number of anilines is 1. The smallest absolute Gasteiger partial charge is 0.325 e. The van der Waals surface area contributed by atoms with Gasteiger partial charge in [-0.2, -0.15) is 5.26 Å². The number of amides is 1. The Morgan fingerprint density at radius 3 is 2.41 bits per heavy atom. The van der Waals surface area contributed by atoms with E-state index in [1.54, 1.807) is 36.2 Å². The Bertz CT molecular complexity index is 1270. The second kappa shape index (κ2) is 10.5. The predicted octanol–water partition coefficient (Wildman–Crippen LogP) is 2.01. The Kier molecular flexibility index (Phi) is 7.48. The molecular weight excluding hydrogens is 438 g/mol. The van der Waals surface area contributed by atoms with E-state index in [1.807, 2.05) is 23.7 Å². The predicted molar refractivity (Wildman–Crippen MR) is 125 cm³/mol. The molecule has 0 bridgehead atoms. The molecule has 0 aliphatic carbocycles. The van der Waals surface area contributed by atoms with Gasteiger partial charge < -0.3 is 24.3 Å². The molecule has 0 saturated carbocycles. The summed E-state index contributed by atoms with van der Waals surface area (Å²) in [6, 6.07) is 12.6. The van der Waals surface area contributed by atoms with Crippen molar-refractivity contribution in [3.05, 3.63) is 47.5 Å². The third-order valence-electron chi connectivity index (χ3n) is 5.36. The maximum atomic E-state index is 13.0. The van der Waals surface area contributed by atoms with Gasteiger partial charge in [0.1, 0.15) is 12.4 Å². The van der Waals surface area contributed by atoms with Crippen molar-refractivity contribution in [2.24, 2.45) is 7.05 Å². The Hall–Kier alpha value is -4.39. The number of aryl methyl sites for hydroxylation is 1. The van der Waals surface area contributed by atoms with Gasteiger partial charge in [0.05, 0.1) is 54.6 Å². The van der Waals surface area contributed by atoms with Gasteiger partial charge in [-0.1, -0.05) is 0 Å². The lowest BCUT2D eigenvalue weighted by Crippen LogP contribution is -2.31. The first-order chi connectivity index (χ1) is 16.3. The standard InChI is InChI=1S/C24H25N5O5/c1-28(14-22(31)34-4)19-12-20-18(11-17(19)24(32)26-10-9-21(30)33-3)27-23(29(20)2)16-7-5-15(13-25)6-8-16/h5-8,11-12H,9-10,14H2,1-4H3,(H,26,32). The van der Waals surface area contributed by atoms with Gasteiger partial charge in [0, 0.05) is 26.2 Å². The summed E-state index contributed by atoms with van der Waals surface area (Å²) in [6.45, 7) is 0.0349. The van der Waals surface area contributed by atoms with Crippen LogP contribution in [0.25, 0.3) is 22.4 Å². The molecule has 1 amide bonds. The number of methoxy groups -OCH3 is 2. The van der Waals surface area contributed by atoms with Gasteiger partial charge in [0.15, 0.2) is 0 Å². The first-order valence-electron chi connectivity index (χ1n) is 10.4. The van der Waals surface area contributed by atoms with Crippen molar-refractivity contribution < 1.29 is 23.9 Å². The molecule has 0 aliphatic rings. The van der Waals surface area contributed by atoms with Gasteiger partial charge in [-0.3, -0.25) is 14.4 Å². The number of benzene rings is 2. The third-order valence-corrected chi connectivity index (χ3v) is 5.36. The van der Waals surface area contributed by atoms with Crippen molar-refractivity contribution in [2.45, 2.75) is 6.42 Å². The lowest BCUT2D eigenvalue weighted by Gasteiger charge is -2.21. The molecular formula is C24H25N5O5. The number of aromatic nitrogens is 2. The average Bonchev–Trinajstić information content (AvgIpc) is 3.18. The number of fused-ring (bicyclic) bond motifs is 1. The average molecular weight is 463 g/mol. The minimum Gasteiger partial charge on any atom is -0.469 e. The van der Waals surface area contributed by atoms with Crippen LogP contribution in [0.15, 0.2) is 36.4 Å². The number of imidazole rings is 1. The highest BCUT2D eigenvalue weighted by Gasteiger charge is 2.21. The van der Waals surface area contributed by atoms with Gasteiger partial charge in [0.25, 0.3) is 5.91 Å². The van der Waals surface area contributed by atoms with E-state index in [1.165, 1.54) is 14.2 Å². The van der Waals surface area contributed by atoms with Crippen molar-refractivity contribution in [3.63, 3.8) is 0 Å². The van der Waals surface area contributed by atoms with Crippen LogP contribution in [-0.2, 0) is 26.1 Å². The number of hydrogen-bond acceptors (Lipinski definition) is 8. The highest BCUT2D eigenvalue weighted by Crippen LogP contribution is 2.30. The van der Waals surface area contributed by atoms with E-state index < -0.39 is 17.8 Å². The zero-order valence-corrected chi connectivity index (χ0v) is 19.4. The molecule has 176 valence electrons. The number of nitrogens with one attached hydrogen (secondary N) is 1. The van der Waals surface area contributed by atoms with Gasteiger partial charge in [-0.05, 0) is 36.4 Å². The SMILES string of the molecule is COC(=O)CCNC(=O)c1cc2nc(-c3ccc(C#N)cc3)n(C)c2cc1N(C)CC(=O)OC. The van der Waals surface area contributed by atoms with Crippen molar-refractivity contribution in [2.75, 3.05) is 39.3 Å². The molecule has 10 nitrogen and oxygen atoms in total. The van der Waals surface area contributed by atoms with Crippen LogP contribution >= 0.6 is 0 Å². The molecule has 2 aromatic carbocycles. The van der Waals surface area contributed by atoms with Gasteiger partial charge in [-0.25, -0.2) is 4.98 Å². The minimum absolute atomic E-state index is 0.0320. The van der Waals surface area contributed by atoms with Crippen molar-refractivity contribution in [3.8, 4) is 17.5 Å². The normalized spacial score (nSPS) is 10.4. The Labute approximate surface area is 196 Å². The molecule has 0 fully saturated rings. The van der Waals surface area contributed by atoms with Gasteiger partial charge in [0.2, 0.25) is 0 Å². The van der Waals surface area contributed by atoms with Crippen molar-refractivity contribution >= 4 is 34.6 Å². The molecule has 0 saturated heterocycles. The van der Waals surface area contributed by atoms with E-state index in [0.717, 1.165) is 11.1 Å². The highest BCUT2D eigenvalue weighted by molar-refractivity contribution is 6.04. The number of esters is 2. The van der Waals surface area contributed by atoms with E-state index in [9.17, 15) is 14.4 Å². The number of ether oxygens (including phenoxy) is 2. The first-order valence-corrected chi connectivity index (χ1v) is 10.4. The van der Waals surface area contributed by atoms with E-state index in [-0.39, 0.29) is 19.5 Å². The number of nitriles is 1. The summed E-state index contributed by atoms with van der Waals surface area (Å²) in [7, 11) is 6.11. The molecule has 0 aliphatic heterocycles. The van der Waals surface area contributed by atoms with E-state index in [2.05, 4.69) is 16.1 Å². The molecule has 34 heavy (non-hydrogen) atoms. The summed E-state index contributed by atoms with van der Waals surface area (Å²) in [5.74, 6) is -0.647. The lowest BCUT2D eigenvalue weighted by molar-refractivity contribution is -0.140. The fourth-order valence-corrected chi connectivity index (χ4v) is 3.50. The summed E-state index contributed by atoms with van der Waals surface area (Å²) in [4.78, 5) is 42.6. The molecule has 3 aromatic rings. The van der Waals surface area contributed by atoms with Crippen LogP contribution in [0, 0.1) is 11.3 Å². The van der Waals surface area contributed by atoms with E-state index in [4.69, 9.17) is 15.0 Å². The summed E-state index contributed by atoms with van der Waals surface area (Å²) in [5.41, 5.74) is 3.48. The topological polar surface area (TPSA) is 127 Å². The van der Waals surface area contributed by atoms with Crippen LogP contribution in [0.5, 0.6) is 0 Å². The second-order valence-electron chi connectivity index (χ2n) is 7.56. The molecule has 0 unspecified atom stereocenters. The molecule has 1 N–H and O–H groups in total. The van der Waals surface area contributed by atoms with Crippen LogP contribution in [0.4, 0.5) is 5.69 Å². The maximum absolute atomic E-state index is 13.0. The molecule has 10 heteroatoms. The van der Waals surface area contributed by atoms with Crippen LogP contribution in [-0.4, -0.2) is 61.8 Å². The van der Waals surface area contributed by atoms with Gasteiger partial charge in [-0.15, -0.1) is 0 Å². The second-order valence-corrected chi connectivity index (χ2v) is 7.56. The monoisotopic (exact) mass is 463 g/mol.